The molecule has 2 aromatic rings. The van der Waals surface area contributed by atoms with Gasteiger partial charge in [-0.2, -0.15) is 0 Å². The third-order valence-electron chi connectivity index (χ3n) is 7.70. The first-order valence-electron chi connectivity index (χ1n) is 13.3. The molecule has 3 aliphatic rings. The van der Waals surface area contributed by atoms with Crippen LogP contribution >= 0.6 is 0 Å². The summed E-state index contributed by atoms with van der Waals surface area (Å²) < 4.78 is 0. The molecule has 3 heterocycles. The molecule has 3 fully saturated rings. The quantitative estimate of drug-likeness (QED) is 0.667. The third kappa shape index (κ3) is 5.68. The number of carbonyl (C=O) groups excluding carboxylic acids is 4. The van der Waals surface area contributed by atoms with Crippen molar-refractivity contribution in [2.75, 3.05) is 13.1 Å². The topological polar surface area (TPSA) is 98.8 Å². The molecular weight excluding hydrogens is 468 g/mol. The van der Waals surface area contributed by atoms with Crippen LogP contribution in [-0.2, 0) is 32.0 Å². The maximum atomic E-state index is 13.6. The molecule has 0 radical (unpaired) electrons. The number of nitrogens with one attached hydrogen (secondary N) is 2. The van der Waals surface area contributed by atoms with Crippen molar-refractivity contribution in [1.29, 1.82) is 0 Å². The average molecular weight is 503 g/mol. The van der Waals surface area contributed by atoms with E-state index in [4.69, 9.17) is 0 Å². The number of nitrogens with zero attached hydrogens (tertiary/aromatic N) is 2. The number of hydrogen-bond donors (Lipinski definition) is 2. The van der Waals surface area contributed by atoms with Crippen molar-refractivity contribution >= 4 is 23.6 Å². The molecule has 0 aliphatic carbocycles. The Labute approximate surface area is 217 Å². The largest absolute Gasteiger partial charge is 0.351 e. The minimum absolute atomic E-state index is 0.0971. The lowest BCUT2D eigenvalue weighted by molar-refractivity contribution is -0.146. The molecule has 4 amide bonds. The third-order valence-corrected chi connectivity index (χ3v) is 7.70. The average Bonchev–Trinajstić information content (AvgIpc) is 3.59. The van der Waals surface area contributed by atoms with Gasteiger partial charge in [0.05, 0.1) is 0 Å². The molecule has 37 heavy (non-hydrogen) atoms. The van der Waals surface area contributed by atoms with Gasteiger partial charge in [0, 0.05) is 32.0 Å². The lowest BCUT2D eigenvalue weighted by atomic mass is 10.0. The van der Waals surface area contributed by atoms with Crippen LogP contribution in [0, 0.1) is 0 Å². The Kier molecular flexibility index (Phi) is 7.53. The molecule has 8 heteroatoms. The fourth-order valence-corrected chi connectivity index (χ4v) is 5.85. The van der Waals surface area contributed by atoms with Gasteiger partial charge in [-0.05, 0) is 43.2 Å². The molecule has 8 nitrogen and oxygen atoms in total. The molecular formula is C29H34N4O4. The van der Waals surface area contributed by atoms with E-state index in [1.807, 2.05) is 60.7 Å². The van der Waals surface area contributed by atoms with E-state index in [-0.39, 0.29) is 30.0 Å². The van der Waals surface area contributed by atoms with Gasteiger partial charge in [-0.15, -0.1) is 0 Å². The summed E-state index contributed by atoms with van der Waals surface area (Å²) in [5, 5.41) is 6.03. The minimum Gasteiger partial charge on any atom is -0.351 e. The Morgan fingerprint density at radius 3 is 1.95 bits per heavy atom. The van der Waals surface area contributed by atoms with E-state index in [1.165, 1.54) is 0 Å². The second kappa shape index (κ2) is 11.2. The maximum Gasteiger partial charge on any atom is 0.246 e. The summed E-state index contributed by atoms with van der Waals surface area (Å²) in [4.78, 5) is 57.5. The van der Waals surface area contributed by atoms with Crippen molar-refractivity contribution < 1.29 is 19.2 Å². The molecule has 5 rings (SSSR count). The molecule has 2 N–H and O–H groups in total. The van der Waals surface area contributed by atoms with Crippen LogP contribution in [0.3, 0.4) is 0 Å². The van der Waals surface area contributed by atoms with Crippen LogP contribution in [0.1, 0.15) is 43.2 Å². The number of benzene rings is 2. The van der Waals surface area contributed by atoms with E-state index in [1.54, 1.807) is 9.80 Å². The van der Waals surface area contributed by atoms with Crippen LogP contribution in [0.15, 0.2) is 60.7 Å². The lowest BCUT2D eigenvalue weighted by Crippen LogP contribution is -2.56. The van der Waals surface area contributed by atoms with Crippen molar-refractivity contribution in [2.24, 2.45) is 0 Å². The number of hydrogen-bond acceptors (Lipinski definition) is 4. The lowest BCUT2D eigenvalue weighted by Gasteiger charge is -2.31. The van der Waals surface area contributed by atoms with Crippen molar-refractivity contribution in [3.8, 4) is 0 Å². The highest BCUT2D eigenvalue weighted by atomic mass is 16.2. The highest BCUT2D eigenvalue weighted by molar-refractivity contribution is 5.95. The van der Waals surface area contributed by atoms with Gasteiger partial charge >= 0.3 is 0 Å². The highest BCUT2D eigenvalue weighted by Gasteiger charge is 2.43. The van der Waals surface area contributed by atoms with E-state index in [0.717, 1.165) is 24.0 Å². The van der Waals surface area contributed by atoms with Crippen LogP contribution < -0.4 is 10.6 Å². The summed E-state index contributed by atoms with van der Waals surface area (Å²) in [5.74, 6) is -0.914. The predicted molar refractivity (Wildman–Crippen MR) is 138 cm³/mol. The Hall–Kier alpha value is -3.68. The number of rotatable bonds is 4. The fraction of sp³-hybridized carbons (Fsp3) is 0.448. The Morgan fingerprint density at radius 1 is 0.676 bits per heavy atom. The first-order chi connectivity index (χ1) is 18.0. The van der Waals surface area contributed by atoms with Gasteiger partial charge in [0.2, 0.25) is 23.6 Å². The van der Waals surface area contributed by atoms with Gasteiger partial charge in [-0.1, -0.05) is 60.7 Å². The second-order valence-corrected chi connectivity index (χ2v) is 10.3. The van der Waals surface area contributed by atoms with Crippen molar-refractivity contribution in [3.63, 3.8) is 0 Å². The second-order valence-electron chi connectivity index (χ2n) is 10.3. The number of fused-ring (bicyclic) bond motifs is 2. The zero-order valence-electron chi connectivity index (χ0n) is 21.0. The first kappa shape index (κ1) is 25.0. The van der Waals surface area contributed by atoms with Crippen LogP contribution in [-0.4, -0.2) is 70.7 Å². The van der Waals surface area contributed by atoms with Crippen LogP contribution in [0.25, 0.3) is 0 Å². The molecule has 0 bridgehead atoms. The van der Waals surface area contributed by atoms with Crippen molar-refractivity contribution in [3.05, 3.63) is 71.8 Å². The molecule has 0 unspecified atom stereocenters. The van der Waals surface area contributed by atoms with Gasteiger partial charge in [0.25, 0.3) is 0 Å². The van der Waals surface area contributed by atoms with E-state index in [9.17, 15) is 19.2 Å². The standard InChI is InChI=1S/C29H34N4O4/c34-26-19-22(17-20-9-3-1-4-10-20)30-27(35)23(18-21-11-5-2-6-12-21)31-28(36)24-13-7-16-33(24)29(37)25-14-8-15-32(25)26/h1-6,9-12,22-25H,7-8,13-19H2,(H,30,35)(H,31,36)/t22-,23-,24-,25-/m0/s1. The van der Waals surface area contributed by atoms with E-state index in [2.05, 4.69) is 10.6 Å². The van der Waals surface area contributed by atoms with Gasteiger partial charge in [0.1, 0.15) is 18.1 Å². The van der Waals surface area contributed by atoms with Gasteiger partial charge in [0.15, 0.2) is 0 Å². The van der Waals surface area contributed by atoms with Crippen LogP contribution in [0.2, 0.25) is 0 Å². The van der Waals surface area contributed by atoms with Crippen LogP contribution in [0.4, 0.5) is 0 Å². The summed E-state index contributed by atoms with van der Waals surface area (Å²) in [6, 6.07) is 16.8. The SMILES string of the molecule is O=C1N[C@@H](Cc2ccccc2)CC(=O)N2CCC[C@H]2C(=O)N2CCC[C@H]2C(=O)N[C@H]1Cc1ccccc1. The molecule has 0 saturated carbocycles. The molecule has 3 aliphatic heterocycles. The summed E-state index contributed by atoms with van der Waals surface area (Å²) in [5.41, 5.74) is 1.92. The van der Waals surface area contributed by atoms with Gasteiger partial charge < -0.3 is 20.4 Å². The summed E-state index contributed by atoms with van der Waals surface area (Å²) in [6.07, 6.45) is 3.52. The monoisotopic (exact) mass is 502 g/mol. The number of amides is 4. The normalized spacial score (nSPS) is 26.9. The zero-order chi connectivity index (χ0) is 25.8. The summed E-state index contributed by atoms with van der Waals surface area (Å²) in [7, 11) is 0. The first-order valence-corrected chi connectivity index (χ1v) is 13.3. The molecule has 2 aromatic carbocycles. The molecule has 3 saturated heterocycles. The predicted octanol–water partition coefficient (Wildman–Crippen LogP) is 1.83. The van der Waals surface area contributed by atoms with Gasteiger partial charge in [-0.3, -0.25) is 19.2 Å². The van der Waals surface area contributed by atoms with Crippen LogP contribution in [0.5, 0.6) is 0 Å². The van der Waals surface area contributed by atoms with Crippen molar-refractivity contribution in [2.45, 2.75) is 69.1 Å². The van der Waals surface area contributed by atoms with E-state index in [0.29, 0.717) is 38.8 Å². The number of carbonyl (C=O) groups is 4. The Bertz CT molecular complexity index is 1140. The highest BCUT2D eigenvalue weighted by Crippen LogP contribution is 2.26. The molecule has 0 aromatic heterocycles. The maximum absolute atomic E-state index is 13.6. The fourth-order valence-electron chi connectivity index (χ4n) is 5.85. The summed E-state index contributed by atoms with van der Waals surface area (Å²) >= 11 is 0. The van der Waals surface area contributed by atoms with E-state index >= 15 is 0 Å². The molecule has 194 valence electrons. The smallest absolute Gasteiger partial charge is 0.246 e. The Balaban J connectivity index is 1.47. The molecule has 0 spiro atoms. The Morgan fingerprint density at radius 2 is 1.27 bits per heavy atom. The summed E-state index contributed by atoms with van der Waals surface area (Å²) in [6.45, 7) is 1.00. The minimum atomic E-state index is -0.818. The van der Waals surface area contributed by atoms with E-state index < -0.39 is 24.2 Å². The molecule has 4 atom stereocenters. The van der Waals surface area contributed by atoms with Crippen molar-refractivity contribution in [1.82, 2.24) is 20.4 Å². The van der Waals surface area contributed by atoms with Gasteiger partial charge in [-0.25, -0.2) is 0 Å². The zero-order valence-corrected chi connectivity index (χ0v) is 21.0.